The van der Waals surface area contributed by atoms with E-state index >= 15 is 0 Å². The minimum atomic E-state index is -0.545. The van der Waals surface area contributed by atoms with Gasteiger partial charge in [0.15, 0.2) is 0 Å². The summed E-state index contributed by atoms with van der Waals surface area (Å²) in [4.78, 5) is 2.19. The first-order valence-electron chi connectivity index (χ1n) is 6.52. The molecule has 1 atom stereocenters. The highest BCUT2D eigenvalue weighted by Gasteiger charge is 2.19. The molecule has 18 heavy (non-hydrogen) atoms. The van der Waals surface area contributed by atoms with Crippen molar-refractivity contribution >= 4 is 0 Å². The number of benzene rings is 1. The second-order valence-electron chi connectivity index (χ2n) is 4.49. The zero-order valence-corrected chi connectivity index (χ0v) is 11.1. The van der Waals surface area contributed by atoms with Gasteiger partial charge in [0.2, 0.25) is 0 Å². The van der Waals surface area contributed by atoms with Crippen LogP contribution < -0.4 is 5.73 Å². The van der Waals surface area contributed by atoms with Crippen LogP contribution in [0, 0.1) is 11.6 Å². The summed E-state index contributed by atoms with van der Waals surface area (Å²) in [6.45, 7) is 6.30. The van der Waals surface area contributed by atoms with Gasteiger partial charge in [-0.05, 0) is 43.6 Å². The van der Waals surface area contributed by atoms with Gasteiger partial charge < -0.3 is 5.73 Å². The fraction of sp³-hybridized carbons (Fsp3) is 0.571. The van der Waals surface area contributed by atoms with Gasteiger partial charge in [0.05, 0.1) is 0 Å². The Morgan fingerprint density at radius 1 is 1.06 bits per heavy atom. The molecule has 0 spiro atoms. The van der Waals surface area contributed by atoms with Crippen molar-refractivity contribution in [3.63, 3.8) is 0 Å². The van der Waals surface area contributed by atoms with Crippen LogP contribution in [0.1, 0.15) is 38.3 Å². The molecule has 0 amide bonds. The van der Waals surface area contributed by atoms with Gasteiger partial charge in [0.25, 0.3) is 0 Å². The molecule has 0 aliphatic rings. The third-order valence-corrected chi connectivity index (χ3v) is 2.96. The molecule has 0 saturated heterocycles. The van der Waals surface area contributed by atoms with Crippen LogP contribution in [-0.4, -0.2) is 24.5 Å². The summed E-state index contributed by atoms with van der Waals surface area (Å²) in [6.07, 6.45) is 1.99. The Balaban J connectivity index is 2.97. The second-order valence-corrected chi connectivity index (χ2v) is 4.49. The largest absolute Gasteiger partial charge is 0.329 e. The highest BCUT2D eigenvalue weighted by atomic mass is 19.1. The molecule has 1 aromatic carbocycles. The molecule has 2 nitrogen and oxygen atoms in total. The molecule has 0 fully saturated rings. The van der Waals surface area contributed by atoms with Crippen molar-refractivity contribution in [3.8, 4) is 0 Å². The maximum absolute atomic E-state index is 13.3. The summed E-state index contributed by atoms with van der Waals surface area (Å²) in [6, 6.07) is 3.52. The van der Waals surface area contributed by atoms with E-state index in [0.717, 1.165) is 32.0 Å². The Morgan fingerprint density at radius 2 is 1.56 bits per heavy atom. The number of hydrogen-bond acceptors (Lipinski definition) is 2. The highest BCUT2D eigenvalue weighted by Crippen LogP contribution is 2.22. The first-order chi connectivity index (χ1) is 8.62. The Labute approximate surface area is 108 Å². The first kappa shape index (κ1) is 15.1. The van der Waals surface area contributed by atoms with E-state index < -0.39 is 11.6 Å². The quantitative estimate of drug-likeness (QED) is 0.812. The van der Waals surface area contributed by atoms with Crippen molar-refractivity contribution in [2.75, 3.05) is 19.6 Å². The molecule has 102 valence electrons. The van der Waals surface area contributed by atoms with E-state index in [9.17, 15) is 8.78 Å². The van der Waals surface area contributed by atoms with E-state index in [1.807, 2.05) is 0 Å². The maximum Gasteiger partial charge on any atom is 0.126 e. The third kappa shape index (κ3) is 4.03. The van der Waals surface area contributed by atoms with Crippen LogP contribution in [0.4, 0.5) is 8.78 Å². The molecule has 2 N–H and O–H groups in total. The molecular formula is C14H22F2N2. The Hall–Kier alpha value is -1.00. The normalized spacial score (nSPS) is 13.0. The topological polar surface area (TPSA) is 29.3 Å². The van der Waals surface area contributed by atoms with Crippen LogP contribution in [-0.2, 0) is 0 Å². The van der Waals surface area contributed by atoms with Crippen LogP contribution in [0.5, 0.6) is 0 Å². The zero-order chi connectivity index (χ0) is 13.5. The molecule has 0 bridgehead atoms. The standard InChI is InChI=1S/C14H22F2N2/c1-3-5-18(6-4-2)14(10-17)11-7-12(15)9-13(16)8-11/h7-9,14H,3-6,10,17H2,1-2H3. The number of halogens is 2. The van der Waals surface area contributed by atoms with Gasteiger partial charge in [0, 0.05) is 18.7 Å². The molecule has 0 saturated carbocycles. The van der Waals surface area contributed by atoms with E-state index in [1.54, 1.807) is 0 Å². The average Bonchev–Trinajstić information content (AvgIpc) is 2.29. The predicted molar refractivity (Wildman–Crippen MR) is 70.3 cm³/mol. The van der Waals surface area contributed by atoms with Crippen molar-refractivity contribution in [2.24, 2.45) is 5.73 Å². The molecule has 0 aromatic heterocycles. The van der Waals surface area contributed by atoms with Crippen molar-refractivity contribution in [1.82, 2.24) is 4.90 Å². The molecular weight excluding hydrogens is 234 g/mol. The van der Waals surface area contributed by atoms with E-state index in [4.69, 9.17) is 5.73 Å². The van der Waals surface area contributed by atoms with Crippen molar-refractivity contribution in [1.29, 1.82) is 0 Å². The lowest BCUT2D eigenvalue weighted by Gasteiger charge is -2.30. The summed E-state index contributed by atoms with van der Waals surface area (Å²) in [5, 5.41) is 0. The van der Waals surface area contributed by atoms with Gasteiger partial charge >= 0.3 is 0 Å². The second kappa shape index (κ2) is 7.44. The van der Waals surface area contributed by atoms with Gasteiger partial charge in [-0.3, -0.25) is 4.90 Å². The fourth-order valence-corrected chi connectivity index (χ4v) is 2.26. The van der Waals surface area contributed by atoms with Gasteiger partial charge in [-0.25, -0.2) is 8.78 Å². The van der Waals surface area contributed by atoms with Gasteiger partial charge in [0.1, 0.15) is 11.6 Å². The number of hydrogen-bond donors (Lipinski definition) is 1. The smallest absolute Gasteiger partial charge is 0.126 e. The van der Waals surface area contributed by atoms with E-state index in [1.165, 1.54) is 12.1 Å². The molecule has 0 radical (unpaired) electrons. The molecule has 1 unspecified atom stereocenters. The summed E-state index contributed by atoms with van der Waals surface area (Å²) >= 11 is 0. The van der Waals surface area contributed by atoms with Crippen LogP contribution in [0.3, 0.4) is 0 Å². The van der Waals surface area contributed by atoms with Crippen LogP contribution >= 0.6 is 0 Å². The van der Waals surface area contributed by atoms with Crippen LogP contribution in [0.15, 0.2) is 18.2 Å². The maximum atomic E-state index is 13.3. The van der Waals surface area contributed by atoms with E-state index in [2.05, 4.69) is 18.7 Å². The molecule has 0 aliphatic carbocycles. The van der Waals surface area contributed by atoms with Crippen molar-refractivity contribution in [2.45, 2.75) is 32.7 Å². The number of nitrogens with zero attached hydrogens (tertiary/aromatic N) is 1. The number of rotatable bonds is 7. The molecule has 0 heterocycles. The van der Waals surface area contributed by atoms with Crippen LogP contribution in [0.25, 0.3) is 0 Å². The minimum absolute atomic E-state index is 0.116. The SMILES string of the molecule is CCCN(CCC)C(CN)c1cc(F)cc(F)c1. The summed E-state index contributed by atoms with van der Waals surface area (Å²) in [7, 11) is 0. The lowest BCUT2D eigenvalue weighted by atomic mass is 10.0. The lowest BCUT2D eigenvalue weighted by molar-refractivity contribution is 0.201. The van der Waals surface area contributed by atoms with Crippen molar-refractivity contribution in [3.05, 3.63) is 35.4 Å². The Morgan fingerprint density at radius 3 is 1.94 bits per heavy atom. The lowest BCUT2D eigenvalue weighted by Crippen LogP contribution is -2.35. The predicted octanol–water partition coefficient (Wildman–Crippen LogP) is 3.09. The molecule has 4 heteroatoms. The summed E-state index contributed by atoms with van der Waals surface area (Å²) in [5.74, 6) is -1.09. The van der Waals surface area contributed by atoms with Gasteiger partial charge in [-0.2, -0.15) is 0 Å². The van der Waals surface area contributed by atoms with Crippen LogP contribution in [0.2, 0.25) is 0 Å². The molecule has 0 aliphatic heterocycles. The van der Waals surface area contributed by atoms with E-state index in [-0.39, 0.29) is 6.04 Å². The van der Waals surface area contributed by atoms with Gasteiger partial charge in [-0.1, -0.05) is 13.8 Å². The summed E-state index contributed by atoms with van der Waals surface area (Å²) in [5.41, 5.74) is 6.40. The average molecular weight is 256 g/mol. The fourth-order valence-electron chi connectivity index (χ4n) is 2.26. The third-order valence-electron chi connectivity index (χ3n) is 2.96. The Bertz CT molecular complexity index is 343. The highest BCUT2D eigenvalue weighted by molar-refractivity contribution is 5.22. The number of nitrogens with two attached hydrogens (primary N) is 1. The Kier molecular flexibility index (Phi) is 6.22. The summed E-state index contributed by atoms with van der Waals surface area (Å²) < 4.78 is 26.5. The first-order valence-corrected chi connectivity index (χ1v) is 6.52. The monoisotopic (exact) mass is 256 g/mol. The molecule has 1 rings (SSSR count). The minimum Gasteiger partial charge on any atom is -0.329 e. The van der Waals surface area contributed by atoms with E-state index in [0.29, 0.717) is 12.1 Å². The zero-order valence-electron chi connectivity index (χ0n) is 11.1. The van der Waals surface area contributed by atoms with Gasteiger partial charge in [-0.15, -0.1) is 0 Å². The van der Waals surface area contributed by atoms with Crippen molar-refractivity contribution < 1.29 is 8.78 Å². The molecule has 1 aromatic rings.